The fourth-order valence-corrected chi connectivity index (χ4v) is 3.50. The minimum Gasteiger partial charge on any atom is -0.381 e. The van der Waals surface area contributed by atoms with E-state index in [-0.39, 0.29) is 5.91 Å². The van der Waals surface area contributed by atoms with Gasteiger partial charge in [0.1, 0.15) is 0 Å². The van der Waals surface area contributed by atoms with Crippen LogP contribution in [0.5, 0.6) is 0 Å². The molecule has 6 nitrogen and oxygen atoms in total. The van der Waals surface area contributed by atoms with E-state index in [0.29, 0.717) is 36.3 Å². The van der Waals surface area contributed by atoms with E-state index >= 15 is 0 Å². The molecule has 0 radical (unpaired) electrons. The number of carbonyl (C=O) groups is 1. The van der Waals surface area contributed by atoms with Crippen LogP contribution in [0.1, 0.15) is 29.6 Å². The quantitative estimate of drug-likeness (QED) is 0.876. The molecule has 7 heteroatoms. The standard InChI is InChI=1S/C20H23FN4O2/c21-17-12-22-18(24-19(17)25-8-1-2-9-25)15-3-5-16(6-4-15)20(26)23-11-14-7-10-27-13-14/h3-6,12,14H,1-2,7-11,13H2,(H,23,26). The highest BCUT2D eigenvalue weighted by Gasteiger charge is 2.20. The average Bonchev–Trinajstić information content (AvgIpc) is 3.41. The molecule has 1 amide bonds. The Bertz CT molecular complexity index is 800. The van der Waals surface area contributed by atoms with E-state index in [0.717, 1.165) is 44.5 Å². The van der Waals surface area contributed by atoms with Gasteiger partial charge in [-0.3, -0.25) is 4.79 Å². The number of nitrogens with zero attached hydrogens (tertiary/aromatic N) is 3. The lowest BCUT2D eigenvalue weighted by Gasteiger charge is -2.17. The molecule has 4 rings (SSSR count). The van der Waals surface area contributed by atoms with Crippen LogP contribution < -0.4 is 10.2 Å². The number of ether oxygens (including phenoxy) is 1. The van der Waals surface area contributed by atoms with Crippen LogP contribution in [0.25, 0.3) is 11.4 Å². The van der Waals surface area contributed by atoms with Gasteiger partial charge in [-0.05, 0) is 31.4 Å². The third kappa shape index (κ3) is 4.08. The van der Waals surface area contributed by atoms with Crippen molar-refractivity contribution in [3.8, 4) is 11.4 Å². The number of hydrogen-bond acceptors (Lipinski definition) is 5. The largest absolute Gasteiger partial charge is 0.381 e. The molecule has 2 aliphatic heterocycles. The van der Waals surface area contributed by atoms with Crippen molar-refractivity contribution >= 4 is 11.7 Å². The second-order valence-electron chi connectivity index (χ2n) is 7.08. The maximum atomic E-state index is 14.1. The van der Waals surface area contributed by atoms with Gasteiger partial charge in [0.15, 0.2) is 17.5 Å². The lowest BCUT2D eigenvalue weighted by molar-refractivity contribution is 0.0945. The normalized spacial score (nSPS) is 19.4. The van der Waals surface area contributed by atoms with Crippen molar-refractivity contribution in [3.05, 3.63) is 41.8 Å². The van der Waals surface area contributed by atoms with Crippen LogP contribution in [0.3, 0.4) is 0 Å². The van der Waals surface area contributed by atoms with Gasteiger partial charge in [0, 0.05) is 43.3 Å². The Hall–Kier alpha value is -2.54. The molecule has 1 aromatic heterocycles. The van der Waals surface area contributed by atoms with Crippen LogP contribution in [-0.4, -0.2) is 48.7 Å². The summed E-state index contributed by atoms with van der Waals surface area (Å²) in [6.45, 7) is 3.74. The molecule has 27 heavy (non-hydrogen) atoms. The van der Waals surface area contributed by atoms with Crippen molar-refractivity contribution in [1.29, 1.82) is 0 Å². The molecule has 1 atom stereocenters. The zero-order chi connectivity index (χ0) is 18.6. The number of amides is 1. The monoisotopic (exact) mass is 370 g/mol. The number of halogens is 1. The van der Waals surface area contributed by atoms with Gasteiger partial charge in [0.2, 0.25) is 0 Å². The van der Waals surface area contributed by atoms with Gasteiger partial charge in [0.05, 0.1) is 12.8 Å². The lowest BCUT2D eigenvalue weighted by atomic mass is 10.1. The molecule has 0 aliphatic carbocycles. The summed E-state index contributed by atoms with van der Waals surface area (Å²) in [5.74, 6) is 0.718. The number of nitrogens with one attached hydrogen (secondary N) is 1. The minimum atomic E-state index is -0.396. The van der Waals surface area contributed by atoms with Gasteiger partial charge in [-0.25, -0.2) is 14.4 Å². The molecule has 2 fully saturated rings. The van der Waals surface area contributed by atoms with Crippen LogP contribution in [0, 0.1) is 11.7 Å². The van der Waals surface area contributed by atoms with E-state index < -0.39 is 5.82 Å². The maximum absolute atomic E-state index is 14.1. The Kier molecular flexibility index (Phi) is 5.29. The van der Waals surface area contributed by atoms with Crippen molar-refractivity contribution in [2.24, 2.45) is 5.92 Å². The number of aromatic nitrogens is 2. The second-order valence-corrected chi connectivity index (χ2v) is 7.08. The first-order valence-electron chi connectivity index (χ1n) is 9.44. The van der Waals surface area contributed by atoms with Crippen LogP contribution in [0.4, 0.5) is 10.2 Å². The molecule has 0 spiro atoms. The second kappa shape index (κ2) is 8.00. The predicted molar refractivity (Wildman–Crippen MR) is 100 cm³/mol. The molecule has 1 aromatic carbocycles. The van der Waals surface area contributed by atoms with Crippen molar-refractivity contribution in [2.75, 3.05) is 37.7 Å². The Morgan fingerprint density at radius 2 is 2.04 bits per heavy atom. The summed E-state index contributed by atoms with van der Waals surface area (Å²) in [4.78, 5) is 22.8. The van der Waals surface area contributed by atoms with Crippen molar-refractivity contribution in [2.45, 2.75) is 19.3 Å². The van der Waals surface area contributed by atoms with E-state index in [1.807, 2.05) is 4.90 Å². The number of carbonyl (C=O) groups excluding carboxylic acids is 1. The van der Waals surface area contributed by atoms with Crippen LogP contribution in [0.15, 0.2) is 30.5 Å². The molecule has 2 aromatic rings. The highest BCUT2D eigenvalue weighted by Crippen LogP contribution is 2.24. The van der Waals surface area contributed by atoms with Gasteiger partial charge in [0.25, 0.3) is 5.91 Å². The zero-order valence-corrected chi connectivity index (χ0v) is 15.2. The number of benzene rings is 1. The zero-order valence-electron chi connectivity index (χ0n) is 15.2. The van der Waals surface area contributed by atoms with E-state index in [1.54, 1.807) is 24.3 Å². The van der Waals surface area contributed by atoms with Crippen molar-refractivity contribution in [3.63, 3.8) is 0 Å². The number of rotatable bonds is 5. The SMILES string of the molecule is O=C(NCC1CCOC1)c1ccc(-c2ncc(F)c(N3CCCC3)n2)cc1. The van der Waals surface area contributed by atoms with E-state index in [9.17, 15) is 9.18 Å². The molecular formula is C20H23FN4O2. The topological polar surface area (TPSA) is 67.3 Å². The van der Waals surface area contributed by atoms with Crippen LogP contribution in [0.2, 0.25) is 0 Å². The van der Waals surface area contributed by atoms with Crippen LogP contribution >= 0.6 is 0 Å². The van der Waals surface area contributed by atoms with Crippen LogP contribution in [-0.2, 0) is 4.74 Å². The van der Waals surface area contributed by atoms with Gasteiger partial charge in [-0.2, -0.15) is 0 Å². The summed E-state index contributed by atoms with van der Waals surface area (Å²) in [5.41, 5.74) is 1.34. The molecule has 0 bridgehead atoms. The highest BCUT2D eigenvalue weighted by molar-refractivity contribution is 5.94. The van der Waals surface area contributed by atoms with E-state index in [1.165, 1.54) is 6.20 Å². The van der Waals surface area contributed by atoms with Gasteiger partial charge in [-0.15, -0.1) is 0 Å². The summed E-state index contributed by atoms with van der Waals surface area (Å²) in [6.07, 6.45) is 4.31. The van der Waals surface area contributed by atoms with E-state index in [4.69, 9.17) is 4.74 Å². The van der Waals surface area contributed by atoms with Crippen molar-refractivity contribution < 1.29 is 13.9 Å². The molecule has 142 valence electrons. The summed E-state index contributed by atoms with van der Waals surface area (Å²) < 4.78 is 19.4. The van der Waals surface area contributed by atoms with E-state index in [2.05, 4.69) is 15.3 Å². The average molecular weight is 370 g/mol. The Morgan fingerprint density at radius 3 is 2.74 bits per heavy atom. The first-order valence-corrected chi connectivity index (χ1v) is 9.44. The van der Waals surface area contributed by atoms with Gasteiger partial charge >= 0.3 is 0 Å². The molecule has 1 unspecified atom stereocenters. The third-order valence-corrected chi connectivity index (χ3v) is 5.11. The number of hydrogen-bond donors (Lipinski definition) is 1. The lowest BCUT2D eigenvalue weighted by Crippen LogP contribution is -2.29. The smallest absolute Gasteiger partial charge is 0.251 e. The first-order chi connectivity index (χ1) is 13.2. The molecule has 0 saturated carbocycles. The predicted octanol–water partition coefficient (Wildman–Crippen LogP) is 2.65. The Morgan fingerprint density at radius 1 is 1.26 bits per heavy atom. The fraction of sp³-hybridized carbons (Fsp3) is 0.450. The van der Waals surface area contributed by atoms with Gasteiger partial charge < -0.3 is 15.0 Å². The first kappa shape index (κ1) is 17.9. The molecule has 2 aliphatic rings. The molecular weight excluding hydrogens is 347 g/mol. The Labute approximate surface area is 157 Å². The molecule has 2 saturated heterocycles. The maximum Gasteiger partial charge on any atom is 0.251 e. The van der Waals surface area contributed by atoms with Crippen molar-refractivity contribution in [1.82, 2.24) is 15.3 Å². The molecule has 3 heterocycles. The van der Waals surface area contributed by atoms with Gasteiger partial charge in [-0.1, -0.05) is 12.1 Å². The molecule has 1 N–H and O–H groups in total. The third-order valence-electron chi connectivity index (χ3n) is 5.11. The summed E-state index contributed by atoms with van der Waals surface area (Å²) in [5, 5.41) is 2.95. The highest BCUT2D eigenvalue weighted by atomic mass is 19.1. The Balaban J connectivity index is 1.45. The summed E-state index contributed by atoms with van der Waals surface area (Å²) >= 11 is 0. The fourth-order valence-electron chi connectivity index (χ4n) is 3.50. The summed E-state index contributed by atoms with van der Waals surface area (Å²) in [7, 11) is 0. The summed E-state index contributed by atoms with van der Waals surface area (Å²) in [6, 6.07) is 7.10. The number of anilines is 1. The minimum absolute atomic E-state index is 0.105.